The zero-order chi connectivity index (χ0) is 44.7. The van der Waals surface area contributed by atoms with E-state index in [4.69, 9.17) is 14.4 Å². The molecule has 5 nitrogen and oxygen atoms in total. The van der Waals surface area contributed by atoms with Crippen molar-refractivity contribution in [3.8, 4) is 27.9 Å². The van der Waals surface area contributed by atoms with Crippen molar-refractivity contribution in [3.63, 3.8) is 0 Å². The van der Waals surface area contributed by atoms with Gasteiger partial charge in [0.15, 0.2) is 11.4 Å². The summed E-state index contributed by atoms with van der Waals surface area (Å²) in [6.45, 7) is 0. The largest absolute Gasteiger partial charge is 0.454 e. The second kappa shape index (κ2) is 15.3. The van der Waals surface area contributed by atoms with Gasteiger partial charge < -0.3 is 14.3 Å². The number of nitrogens with one attached hydrogen (secondary N) is 1. The maximum Gasteiger partial charge on any atom is 0.159 e. The lowest BCUT2D eigenvalue weighted by Gasteiger charge is -2.24. The highest BCUT2D eigenvalue weighted by molar-refractivity contribution is 6.25. The Hall–Kier alpha value is -9.06. The lowest BCUT2D eigenvalue weighted by atomic mass is 10.00. The molecule has 11 aromatic carbocycles. The lowest BCUT2D eigenvalue weighted by Crippen LogP contribution is -2.33. The Morgan fingerprint density at radius 3 is 1.81 bits per heavy atom. The van der Waals surface area contributed by atoms with Gasteiger partial charge in [-0.15, -0.1) is 0 Å². The van der Waals surface area contributed by atoms with Gasteiger partial charge in [0.25, 0.3) is 0 Å². The molecule has 68 heavy (non-hydrogen) atoms. The van der Waals surface area contributed by atoms with E-state index >= 15 is 0 Å². The zero-order valence-corrected chi connectivity index (χ0v) is 36.8. The number of amidine groups is 2. The van der Waals surface area contributed by atoms with Crippen LogP contribution in [0.1, 0.15) is 22.9 Å². The van der Waals surface area contributed by atoms with Crippen molar-refractivity contribution in [2.75, 3.05) is 0 Å². The summed E-state index contributed by atoms with van der Waals surface area (Å²) in [6, 6.07) is 82.3. The highest BCUT2D eigenvalue weighted by Gasteiger charge is 2.26. The molecule has 13 aromatic rings. The summed E-state index contributed by atoms with van der Waals surface area (Å²) in [7, 11) is 0. The minimum atomic E-state index is -0.431. The fraction of sp³-hybridized carbons (Fsp3) is 0.0159. The van der Waals surface area contributed by atoms with Gasteiger partial charge in [-0.3, -0.25) is 0 Å². The van der Waals surface area contributed by atoms with E-state index in [1.165, 1.54) is 37.9 Å². The summed E-state index contributed by atoms with van der Waals surface area (Å²) in [6.07, 6.45) is -0.431. The zero-order valence-electron chi connectivity index (χ0n) is 36.8. The standard InChI is InChI=1S/C63H40N4O/c1-3-14-39(15-4-1)41-26-28-44(29-27-41)61-64-62(48-23-13-22-45(34-48)40-16-5-2-6-17-40)66-63(65-61)49-36-54-58-50-24-11-9-18-42(50)31-33-57(58)68-60(54)56(38-49)67-55-37-47-21-8-7-20-46(47)35-53(55)52-32-30-43-19-10-12-25-51(43)59(52)67/h1-38,62H,(H,64,65,66). The van der Waals surface area contributed by atoms with Gasteiger partial charge in [-0.2, -0.15) is 0 Å². The molecule has 0 fully saturated rings. The molecule has 1 N–H and O–H groups in total. The molecule has 318 valence electrons. The Balaban J connectivity index is 1.06. The van der Waals surface area contributed by atoms with E-state index in [1.54, 1.807) is 0 Å². The van der Waals surface area contributed by atoms with Gasteiger partial charge in [0.1, 0.15) is 17.6 Å². The van der Waals surface area contributed by atoms with Crippen molar-refractivity contribution in [2.45, 2.75) is 6.17 Å². The normalized spacial score (nSPS) is 14.0. The maximum absolute atomic E-state index is 7.13. The molecule has 0 radical (unpaired) electrons. The number of aliphatic imine (C=N–C) groups is 2. The summed E-state index contributed by atoms with van der Waals surface area (Å²) in [4.78, 5) is 11.0. The predicted molar refractivity (Wildman–Crippen MR) is 283 cm³/mol. The van der Waals surface area contributed by atoms with Crippen LogP contribution in [0.15, 0.2) is 245 Å². The molecule has 0 saturated heterocycles. The second-order valence-corrected chi connectivity index (χ2v) is 17.8. The number of rotatable bonds is 6. The van der Waals surface area contributed by atoms with Crippen LogP contribution in [0.3, 0.4) is 0 Å². The average Bonchev–Trinajstić information content (AvgIpc) is 3.96. The fourth-order valence-electron chi connectivity index (χ4n) is 10.5. The maximum atomic E-state index is 7.13. The number of aromatic nitrogens is 1. The number of furan rings is 1. The highest BCUT2D eigenvalue weighted by Crippen LogP contribution is 2.44. The van der Waals surface area contributed by atoms with E-state index in [0.717, 1.165) is 88.6 Å². The monoisotopic (exact) mass is 868 g/mol. The number of hydrogen-bond donors (Lipinski definition) is 1. The molecule has 5 heteroatoms. The van der Waals surface area contributed by atoms with Gasteiger partial charge in [0.05, 0.1) is 16.7 Å². The van der Waals surface area contributed by atoms with Crippen LogP contribution in [0.25, 0.3) is 104 Å². The van der Waals surface area contributed by atoms with Gasteiger partial charge in [0.2, 0.25) is 0 Å². The molecule has 0 saturated carbocycles. The third-order valence-electron chi connectivity index (χ3n) is 13.8. The lowest BCUT2D eigenvalue weighted by molar-refractivity contribution is 0.666. The summed E-state index contributed by atoms with van der Waals surface area (Å²) >= 11 is 0. The quantitative estimate of drug-likeness (QED) is 0.181. The molecule has 1 aliphatic heterocycles. The minimum absolute atomic E-state index is 0.431. The molecule has 0 spiro atoms. The van der Waals surface area contributed by atoms with Crippen LogP contribution in [0.2, 0.25) is 0 Å². The van der Waals surface area contributed by atoms with Crippen LogP contribution in [0.5, 0.6) is 0 Å². The van der Waals surface area contributed by atoms with Crippen LogP contribution in [-0.4, -0.2) is 16.2 Å². The van der Waals surface area contributed by atoms with E-state index in [1.807, 2.05) is 0 Å². The molecule has 3 heterocycles. The van der Waals surface area contributed by atoms with E-state index in [-0.39, 0.29) is 0 Å². The van der Waals surface area contributed by atoms with E-state index in [0.29, 0.717) is 5.84 Å². The first-order valence-electron chi connectivity index (χ1n) is 23.2. The molecule has 1 unspecified atom stereocenters. The van der Waals surface area contributed by atoms with Crippen LogP contribution in [0.4, 0.5) is 0 Å². The summed E-state index contributed by atoms with van der Waals surface area (Å²) in [5.41, 5.74) is 12.3. The number of hydrogen-bond acceptors (Lipinski definition) is 4. The molecule has 0 aliphatic carbocycles. The molecular weight excluding hydrogens is 829 g/mol. The number of fused-ring (bicyclic) bond motifs is 11. The van der Waals surface area contributed by atoms with Crippen LogP contribution < -0.4 is 5.32 Å². The van der Waals surface area contributed by atoms with Crippen molar-refractivity contribution in [2.24, 2.45) is 9.98 Å². The first-order valence-corrected chi connectivity index (χ1v) is 23.2. The molecular formula is C63H40N4O. The first-order chi connectivity index (χ1) is 33.7. The Bertz CT molecular complexity index is 4220. The number of nitrogens with zero attached hydrogens (tertiary/aromatic N) is 3. The molecule has 0 amide bonds. The highest BCUT2D eigenvalue weighted by atomic mass is 16.3. The predicted octanol–water partition coefficient (Wildman–Crippen LogP) is 16.0. The van der Waals surface area contributed by atoms with E-state index < -0.39 is 6.17 Å². The molecule has 2 aromatic heterocycles. The molecule has 1 atom stereocenters. The third-order valence-corrected chi connectivity index (χ3v) is 13.8. The Morgan fingerprint density at radius 1 is 0.412 bits per heavy atom. The molecule has 0 bridgehead atoms. The van der Waals surface area contributed by atoms with Crippen molar-refractivity contribution < 1.29 is 4.42 Å². The van der Waals surface area contributed by atoms with Crippen molar-refractivity contribution >= 4 is 87.7 Å². The van der Waals surface area contributed by atoms with Gasteiger partial charge in [-0.05, 0) is 91.1 Å². The Kier molecular flexibility index (Phi) is 8.58. The summed E-state index contributed by atoms with van der Waals surface area (Å²) in [5.74, 6) is 1.39. The van der Waals surface area contributed by atoms with E-state index in [9.17, 15) is 0 Å². The third kappa shape index (κ3) is 6.17. The van der Waals surface area contributed by atoms with Gasteiger partial charge in [-0.1, -0.05) is 194 Å². The number of benzene rings is 11. The van der Waals surface area contributed by atoms with E-state index in [2.05, 4.69) is 240 Å². The first kappa shape index (κ1) is 38.2. The Labute approximate surface area is 391 Å². The van der Waals surface area contributed by atoms with Gasteiger partial charge in [-0.25, -0.2) is 9.98 Å². The SMILES string of the molecule is c1ccc(-c2ccc(C3=NC(c4cc(-n5c6cc7ccccc7cc6c6ccc7ccccc7c65)c5oc6ccc7ccccc7c6c5c4)=NC(c4cccc(-c5ccccc5)c4)N3)cc2)cc1. The van der Waals surface area contributed by atoms with Crippen LogP contribution in [0, 0.1) is 0 Å². The summed E-state index contributed by atoms with van der Waals surface area (Å²) < 4.78 is 9.57. The average molecular weight is 869 g/mol. The summed E-state index contributed by atoms with van der Waals surface area (Å²) in [5, 5.41) is 15.2. The smallest absolute Gasteiger partial charge is 0.159 e. The molecule has 14 rings (SSSR count). The van der Waals surface area contributed by atoms with Crippen molar-refractivity contribution in [1.82, 2.24) is 9.88 Å². The van der Waals surface area contributed by atoms with Crippen LogP contribution in [-0.2, 0) is 0 Å². The van der Waals surface area contributed by atoms with Crippen molar-refractivity contribution in [1.29, 1.82) is 0 Å². The second-order valence-electron chi connectivity index (χ2n) is 17.8. The topological polar surface area (TPSA) is 54.8 Å². The van der Waals surface area contributed by atoms with Crippen LogP contribution >= 0.6 is 0 Å². The Morgan fingerprint density at radius 2 is 1.03 bits per heavy atom. The van der Waals surface area contributed by atoms with Gasteiger partial charge >= 0.3 is 0 Å². The van der Waals surface area contributed by atoms with Crippen molar-refractivity contribution in [3.05, 3.63) is 247 Å². The fourth-order valence-corrected chi connectivity index (χ4v) is 10.5. The molecule has 1 aliphatic rings. The minimum Gasteiger partial charge on any atom is -0.454 e. The van der Waals surface area contributed by atoms with Gasteiger partial charge in [0, 0.05) is 38.1 Å².